The van der Waals surface area contributed by atoms with Crippen molar-refractivity contribution in [3.05, 3.63) is 35.0 Å². The molecule has 0 saturated heterocycles. The molecule has 1 aliphatic carbocycles. The largest absolute Gasteiger partial charge is 0.384 e. The van der Waals surface area contributed by atoms with E-state index in [1.807, 2.05) is 9.58 Å². The zero-order valence-corrected chi connectivity index (χ0v) is 14.1. The third kappa shape index (κ3) is 2.96. The van der Waals surface area contributed by atoms with Crippen LogP contribution in [0.1, 0.15) is 46.3 Å². The zero-order chi connectivity index (χ0) is 16.7. The molecular weight excluding hydrogens is 308 g/mol. The molecule has 1 amide bonds. The van der Waals surface area contributed by atoms with E-state index in [0.29, 0.717) is 31.2 Å². The van der Waals surface area contributed by atoms with E-state index >= 15 is 0 Å². The number of carbonyl (C=O) groups is 1. The zero-order valence-electron chi connectivity index (χ0n) is 14.1. The van der Waals surface area contributed by atoms with Gasteiger partial charge in [0.25, 0.3) is 5.91 Å². The number of aryl methyl sites for hydroxylation is 1. The molecule has 1 fully saturated rings. The number of ether oxygens (including phenoxy) is 1. The monoisotopic (exact) mass is 330 g/mol. The number of rotatable bonds is 5. The van der Waals surface area contributed by atoms with Crippen LogP contribution in [0.15, 0.2) is 16.8 Å². The number of amides is 1. The summed E-state index contributed by atoms with van der Waals surface area (Å²) in [4.78, 5) is 14.5. The lowest BCUT2D eigenvalue weighted by Gasteiger charge is -2.31. The summed E-state index contributed by atoms with van der Waals surface area (Å²) in [5.74, 6) is 1.40. The quantitative estimate of drug-likeness (QED) is 0.838. The lowest BCUT2D eigenvalue weighted by Crippen LogP contribution is -2.39. The van der Waals surface area contributed by atoms with E-state index in [0.717, 1.165) is 23.7 Å². The molecule has 1 saturated carbocycles. The first-order chi connectivity index (χ1) is 11.6. The molecule has 7 nitrogen and oxygen atoms in total. The van der Waals surface area contributed by atoms with Crippen molar-refractivity contribution in [2.75, 3.05) is 20.3 Å². The Labute approximate surface area is 140 Å². The molecule has 128 valence electrons. The van der Waals surface area contributed by atoms with Crippen LogP contribution in [-0.2, 0) is 17.8 Å². The number of methoxy groups -OCH3 is 1. The molecule has 1 atom stereocenters. The highest BCUT2D eigenvalue weighted by Crippen LogP contribution is 2.33. The van der Waals surface area contributed by atoms with Gasteiger partial charge in [0.05, 0.1) is 12.3 Å². The van der Waals surface area contributed by atoms with E-state index in [1.165, 1.54) is 12.8 Å². The normalized spacial score (nSPS) is 20.2. The Hall–Kier alpha value is -2.15. The number of aromatic nitrogens is 3. The van der Waals surface area contributed by atoms with Gasteiger partial charge in [-0.1, -0.05) is 5.16 Å². The Morgan fingerprint density at radius 1 is 1.46 bits per heavy atom. The SMILES string of the molecule is COCC1CN(C(=O)c2cc(C)on2)Cc2cn(CC3CC3)nc21. The van der Waals surface area contributed by atoms with Crippen LogP contribution in [0.3, 0.4) is 0 Å². The maximum atomic E-state index is 12.7. The second kappa shape index (κ2) is 6.05. The van der Waals surface area contributed by atoms with Gasteiger partial charge in [0.1, 0.15) is 5.76 Å². The van der Waals surface area contributed by atoms with Gasteiger partial charge in [-0.05, 0) is 25.7 Å². The molecule has 2 aliphatic rings. The first kappa shape index (κ1) is 15.4. The highest BCUT2D eigenvalue weighted by molar-refractivity contribution is 5.92. The summed E-state index contributed by atoms with van der Waals surface area (Å²) in [5.41, 5.74) is 2.54. The van der Waals surface area contributed by atoms with Crippen molar-refractivity contribution in [2.45, 2.75) is 38.8 Å². The third-order valence-electron chi connectivity index (χ3n) is 4.70. The van der Waals surface area contributed by atoms with Crippen molar-refractivity contribution in [3.63, 3.8) is 0 Å². The molecule has 1 unspecified atom stereocenters. The van der Waals surface area contributed by atoms with Crippen LogP contribution >= 0.6 is 0 Å². The number of fused-ring (bicyclic) bond motifs is 1. The van der Waals surface area contributed by atoms with Crippen molar-refractivity contribution in [2.24, 2.45) is 5.92 Å². The van der Waals surface area contributed by atoms with E-state index in [9.17, 15) is 4.79 Å². The molecule has 0 bridgehead atoms. The smallest absolute Gasteiger partial charge is 0.276 e. The molecule has 7 heteroatoms. The van der Waals surface area contributed by atoms with Gasteiger partial charge in [-0.2, -0.15) is 5.10 Å². The fourth-order valence-corrected chi connectivity index (χ4v) is 3.34. The molecule has 3 heterocycles. The summed E-state index contributed by atoms with van der Waals surface area (Å²) in [6.07, 6.45) is 4.67. The molecule has 2 aromatic rings. The Morgan fingerprint density at radius 2 is 2.29 bits per heavy atom. The number of carbonyl (C=O) groups excluding carboxylic acids is 1. The summed E-state index contributed by atoms with van der Waals surface area (Å²) >= 11 is 0. The molecule has 0 radical (unpaired) electrons. The van der Waals surface area contributed by atoms with Crippen LogP contribution in [0.25, 0.3) is 0 Å². The Bertz CT molecular complexity index is 747. The Kier molecular flexibility index (Phi) is 3.88. The molecular formula is C17H22N4O3. The number of hydrogen-bond donors (Lipinski definition) is 0. The van der Waals surface area contributed by atoms with Crippen molar-refractivity contribution >= 4 is 5.91 Å². The average molecular weight is 330 g/mol. The van der Waals surface area contributed by atoms with Crippen molar-refractivity contribution in [3.8, 4) is 0 Å². The van der Waals surface area contributed by atoms with Crippen molar-refractivity contribution in [1.82, 2.24) is 19.8 Å². The standard InChI is InChI=1S/C17H22N4O3/c1-11-5-15(19-24-11)17(22)20-7-13-9-21(6-12-3-4-12)18-16(13)14(8-20)10-23-2/h5,9,12,14H,3-4,6-8,10H2,1-2H3. The van der Waals surface area contributed by atoms with Crippen LogP contribution in [-0.4, -0.2) is 46.0 Å². The van der Waals surface area contributed by atoms with E-state index in [-0.39, 0.29) is 11.8 Å². The highest BCUT2D eigenvalue weighted by Gasteiger charge is 2.33. The van der Waals surface area contributed by atoms with Gasteiger partial charge in [0.15, 0.2) is 5.69 Å². The van der Waals surface area contributed by atoms with E-state index < -0.39 is 0 Å². The van der Waals surface area contributed by atoms with Crippen molar-refractivity contribution in [1.29, 1.82) is 0 Å². The predicted molar refractivity (Wildman–Crippen MR) is 85.5 cm³/mol. The molecule has 0 spiro atoms. The van der Waals surface area contributed by atoms with E-state index in [2.05, 4.69) is 11.4 Å². The summed E-state index contributed by atoms with van der Waals surface area (Å²) in [7, 11) is 1.68. The first-order valence-corrected chi connectivity index (χ1v) is 8.41. The molecule has 1 aliphatic heterocycles. The fourth-order valence-electron chi connectivity index (χ4n) is 3.34. The minimum Gasteiger partial charge on any atom is -0.384 e. The molecule has 0 N–H and O–H groups in total. The second-order valence-electron chi connectivity index (χ2n) is 6.87. The molecule has 2 aromatic heterocycles. The van der Waals surface area contributed by atoms with Crippen molar-refractivity contribution < 1.29 is 14.1 Å². The van der Waals surface area contributed by atoms with Gasteiger partial charge >= 0.3 is 0 Å². The van der Waals surface area contributed by atoms with Gasteiger partial charge in [0, 0.05) is 50.5 Å². The van der Waals surface area contributed by atoms with E-state index in [4.69, 9.17) is 14.4 Å². The Morgan fingerprint density at radius 3 is 2.96 bits per heavy atom. The second-order valence-corrected chi connectivity index (χ2v) is 6.87. The minimum absolute atomic E-state index is 0.0937. The summed E-state index contributed by atoms with van der Waals surface area (Å²) < 4.78 is 12.4. The number of hydrogen-bond acceptors (Lipinski definition) is 5. The lowest BCUT2D eigenvalue weighted by molar-refractivity contribution is 0.0668. The van der Waals surface area contributed by atoms with Crippen LogP contribution in [0.5, 0.6) is 0 Å². The average Bonchev–Trinajstić information content (AvgIpc) is 3.10. The van der Waals surface area contributed by atoms with Crippen LogP contribution < -0.4 is 0 Å². The molecule has 4 rings (SSSR count). The topological polar surface area (TPSA) is 73.4 Å². The summed E-state index contributed by atoms with van der Waals surface area (Å²) in [6, 6.07) is 1.68. The van der Waals surface area contributed by atoms with Gasteiger partial charge in [-0.3, -0.25) is 9.48 Å². The van der Waals surface area contributed by atoms with Gasteiger partial charge in [0.2, 0.25) is 0 Å². The van der Waals surface area contributed by atoms with E-state index in [1.54, 1.807) is 20.1 Å². The first-order valence-electron chi connectivity index (χ1n) is 8.41. The van der Waals surface area contributed by atoms with Crippen LogP contribution in [0, 0.1) is 12.8 Å². The minimum atomic E-state index is -0.103. The fraction of sp³-hybridized carbons (Fsp3) is 0.588. The van der Waals surface area contributed by atoms with Gasteiger partial charge in [-0.25, -0.2) is 0 Å². The predicted octanol–water partition coefficient (Wildman–Crippen LogP) is 1.98. The third-order valence-corrected chi connectivity index (χ3v) is 4.70. The van der Waals surface area contributed by atoms with Gasteiger partial charge in [-0.15, -0.1) is 0 Å². The lowest BCUT2D eigenvalue weighted by atomic mass is 9.97. The van der Waals surface area contributed by atoms with Gasteiger partial charge < -0.3 is 14.2 Å². The molecule has 24 heavy (non-hydrogen) atoms. The molecule has 0 aromatic carbocycles. The maximum absolute atomic E-state index is 12.7. The maximum Gasteiger partial charge on any atom is 0.276 e. The summed E-state index contributed by atoms with van der Waals surface area (Å²) in [6.45, 7) is 4.46. The van der Waals surface area contributed by atoms with Crippen LogP contribution in [0.2, 0.25) is 0 Å². The highest BCUT2D eigenvalue weighted by atomic mass is 16.5. The Balaban J connectivity index is 1.58. The summed E-state index contributed by atoms with van der Waals surface area (Å²) in [5, 5.41) is 8.62. The van der Waals surface area contributed by atoms with Crippen LogP contribution in [0.4, 0.5) is 0 Å². The number of nitrogens with zero attached hydrogens (tertiary/aromatic N) is 4.